The predicted molar refractivity (Wildman–Crippen MR) is 112 cm³/mol. The van der Waals surface area contributed by atoms with Crippen LogP contribution in [0, 0.1) is 12.8 Å². The summed E-state index contributed by atoms with van der Waals surface area (Å²) in [6, 6.07) is 12.0. The number of nitrogens with zero attached hydrogens (tertiary/aromatic N) is 1. The molecule has 1 aromatic heterocycles. The average Bonchev–Trinajstić information content (AvgIpc) is 3.09. The van der Waals surface area contributed by atoms with E-state index in [1.807, 2.05) is 39.0 Å². The van der Waals surface area contributed by atoms with Gasteiger partial charge in [-0.1, -0.05) is 37.3 Å². The van der Waals surface area contributed by atoms with E-state index in [2.05, 4.69) is 15.6 Å². The Morgan fingerprint density at radius 2 is 1.82 bits per heavy atom. The van der Waals surface area contributed by atoms with Crippen molar-refractivity contribution in [3.05, 3.63) is 53.6 Å². The lowest BCUT2D eigenvalue weighted by molar-refractivity contribution is -0.118. The van der Waals surface area contributed by atoms with Gasteiger partial charge in [0.25, 0.3) is 5.91 Å². The van der Waals surface area contributed by atoms with Crippen molar-refractivity contribution in [1.82, 2.24) is 10.3 Å². The van der Waals surface area contributed by atoms with E-state index < -0.39 is 6.04 Å². The van der Waals surface area contributed by atoms with Crippen LogP contribution < -0.4 is 15.4 Å². The number of methoxy groups -OCH3 is 1. The zero-order chi connectivity index (χ0) is 20.3. The summed E-state index contributed by atoms with van der Waals surface area (Å²) in [4.78, 5) is 29.9. The number of anilines is 1. The Balaban J connectivity index is 1.73. The molecule has 1 atom stereocenters. The van der Waals surface area contributed by atoms with Gasteiger partial charge in [-0.3, -0.25) is 9.59 Å². The van der Waals surface area contributed by atoms with Crippen molar-refractivity contribution in [3.63, 3.8) is 0 Å². The number of fused-ring (bicyclic) bond motifs is 1. The van der Waals surface area contributed by atoms with Gasteiger partial charge in [0.2, 0.25) is 5.91 Å². The molecule has 0 aliphatic rings. The molecule has 3 rings (SSSR count). The molecule has 2 aromatic carbocycles. The maximum atomic E-state index is 12.8. The van der Waals surface area contributed by atoms with Crippen LogP contribution in [0.2, 0.25) is 0 Å². The fraction of sp³-hybridized carbons (Fsp3) is 0.286. The molecule has 146 valence electrons. The van der Waals surface area contributed by atoms with Crippen molar-refractivity contribution in [3.8, 4) is 5.75 Å². The molecule has 1 heterocycles. The number of hydrogen-bond donors (Lipinski definition) is 2. The van der Waals surface area contributed by atoms with Crippen LogP contribution in [0.1, 0.15) is 29.8 Å². The van der Waals surface area contributed by atoms with E-state index in [9.17, 15) is 9.59 Å². The largest absolute Gasteiger partial charge is 0.497 e. The fourth-order valence-corrected chi connectivity index (χ4v) is 3.77. The molecule has 0 saturated heterocycles. The van der Waals surface area contributed by atoms with Crippen LogP contribution in [0.15, 0.2) is 42.5 Å². The zero-order valence-corrected chi connectivity index (χ0v) is 17.1. The lowest BCUT2D eigenvalue weighted by atomic mass is 10.0. The number of aromatic nitrogens is 1. The van der Waals surface area contributed by atoms with Gasteiger partial charge in [0, 0.05) is 5.56 Å². The van der Waals surface area contributed by atoms with Gasteiger partial charge in [-0.25, -0.2) is 4.98 Å². The molecule has 2 amide bonds. The molecule has 7 heteroatoms. The van der Waals surface area contributed by atoms with E-state index in [4.69, 9.17) is 4.74 Å². The number of ether oxygens (including phenoxy) is 1. The van der Waals surface area contributed by atoms with Gasteiger partial charge in [0.05, 0.1) is 17.3 Å². The van der Waals surface area contributed by atoms with Gasteiger partial charge in [0.15, 0.2) is 5.13 Å². The molecule has 28 heavy (non-hydrogen) atoms. The predicted octanol–water partition coefficient (Wildman–Crippen LogP) is 4.01. The minimum atomic E-state index is -0.678. The third kappa shape index (κ3) is 4.31. The van der Waals surface area contributed by atoms with Crippen molar-refractivity contribution < 1.29 is 14.3 Å². The minimum Gasteiger partial charge on any atom is -0.497 e. The van der Waals surface area contributed by atoms with Gasteiger partial charge in [-0.05, 0) is 48.7 Å². The molecular weight excluding hydrogens is 374 g/mol. The standard InChI is InChI=1S/C21H23N3O3S/c1-12(2)17(22-19(25)14-8-10-15(27-4)11-9-14)20(26)24-21-23-18-13(3)6-5-7-16(18)28-21/h5-12,17H,1-4H3,(H,22,25)(H,23,24,26). The van der Waals surface area contributed by atoms with Crippen molar-refractivity contribution in [2.75, 3.05) is 12.4 Å². The summed E-state index contributed by atoms with van der Waals surface area (Å²) >= 11 is 1.42. The van der Waals surface area contributed by atoms with Crippen LogP contribution >= 0.6 is 11.3 Å². The van der Waals surface area contributed by atoms with E-state index in [1.54, 1.807) is 31.4 Å². The van der Waals surface area contributed by atoms with Gasteiger partial charge >= 0.3 is 0 Å². The van der Waals surface area contributed by atoms with Crippen LogP contribution in [-0.4, -0.2) is 29.9 Å². The highest BCUT2D eigenvalue weighted by Gasteiger charge is 2.25. The third-order valence-electron chi connectivity index (χ3n) is 4.44. The molecule has 0 fully saturated rings. The molecule has 2 N–H and O–H groups in total. The summed E-state index contributed by atoms with van der Waals surface area (Å²) < 4.78 is 6.12. The molecule has 0 spiro atoms. The second-order valence-electron chi connectivity index (χ2n) is 6.85. The van der Waals surface area contributed by atoms with Gasteiger partial charge < -0.3 is 15.4 Å². The SMILES string of the molecule is COc1ccc(C(=O)NC(C(=O)Nc2nc3c(C)cccc3s2)C(C)C)cc1. The number of thiazole rings is 1. The molecule has 0 radical (unpaired) electrons. The Kier molecular flexibility index (Phi) is 5.94. The zero-order valence-electron chi connectivity index (χ0n) is 16.3. The topological polar surface area (TPSA) is 80.3 Å². The third-order valence-corrected chi connectivity index (χ3v) is 5.37. The molecule has 3 aromatic rings. The van der Waals surface area contributed by atoms with Crippen molar-refractivity contribution in [2.45, 2.75) is 26.8 Å². The van der Waals surface area contributed by atoms with Crippen LogP contribution in [0.3, 0.4) is 0 Å². The number of benzene rings is 2. The smallest absolute Gasteiger partial charge is 0.251 e. The van der Waals surface area contributed by atoms with Crippen LogP contribution in [0.25, 0.3) is 10.2 Å². The van der Waals surface area contributed by atoms with E-state index >= 15 is 0 Å². The van der Waals surface area contributed by atoms with Crippen LogP contribution in [-0.2, 0) is 4.79 Å². The number of rotatable bonds is 6. The minimum absolute atomic E-state index is 0.0849. The number of amides is 2. The second-order valence-corrected chi connectivity index (χ2v) is 7.88. The summed E-state index contributed by atoms with van der Waals surface area (Å²) in [7, 11) is 1.57. The highest BCUT2D eigenvalue weighted by molar-refractivity contribution is 7.22. The summed E-state index contributed by atoms with van der Waals surface area (Å²) in [5, 5.41) is 6.20. The highest BCUT2D eigenvalue weighted by atomic mass is 32.1. The quantitative estimate of drug-likeness (QED) is 0.659. The molecular formula is C21H23N3O3S. The summed E-state index contributed by atoms with van der Waals surface area (Å²) in [5.74, 6) is -0.00985. The molecule has 6 nitrogen and oxygen atoms in total. The Bertz CT molecular complexity index is 996. The highest BCUT2D eigenvalue weighted by Crippen LogP contribution is 2.28. The number of nitrogens with one attached hydrogen (secondary N) is 2. The van der Waals surface area contributed by atoms with Crippen LogP contribution in [0.4, 0.5) is 5.13 Å². The maximum Gasteiger partial charge on any atom is 0.251 e. The first kappa shape index (κ1) is 19.8. The van der Waals surface area contributed by atoms with Crippen molar-refractivity contribution >= 4 is 38.5 Å². The monoisotopic (exact) mass is 397 g/mol. The Morgan fingerprint density at radius 3 is 2.43 bits per heavy atom. The molecule has 0 bridgehead atoms. The molecule has 0 aliphatic carbocycles. The van der Waals surface area contributed by atoms with Gasteiger partial charge in [-0.2, -0.15) is 0 Å². The molecule has 0 saturated carbocycles. The van der Waals surface area contributed by atoms with Gasteiger partial charge in [-0.15, -0.1) is 0 Å². The molecule has 0 aliphatic heterocycles. The van der Waals surface area contributed by atoms with E-state index in [0.29, 0.717) is 16.4 Å². The second kappa shape index (κ2) is 8.39. The number of aryl methyl sites for hydroxylation is 1. The first-order valence-electron chi connectivity index (χ1n) is 9.01. The first-order chi connectivity index (χ1) is 13.4. The van der Waals surface area contributed by atoms with Crippen molar-refractivity contribution in [1.29, 1.82) is 0 Å². The lowest BCUT2D eigenvalue weighted by Gasteiger charge is -2.21. The molecule has 1 unspecified atom stereocenters. The van der Waals surface area contributed by atoms with Crippen LogP contribution in [0.5, 0.6) is 5.75 Å². The number of para-hydroxylation sites is 1. The van der Waals surface area contributed by atoms with E-state index in [0.717, 1.165) is 15.8 Å². The van der Waals surface area contributed by atoms with Gasteiger partial charge in [0.1, 0.15) is 11.8 Å². The van der Waals surface area contributed by atoms with Crippen molar-refractivity contribution in [2.24, 2.45) is 5.92 Å². The normalized spacial score (nSPS) is 12.0. The number of carbonyl (C=O) groups excluding carboxylic acids is 2. The van der Waals surface area contributed by atoms with E-state index in [1.165, 1.54) is 11.3 Å². The number of carbonyl (C=O) groups is 2. The average molecular weight is 398 g/mol. The Labute approximate surface area is 167 Å². The summed E-state index contributed by atoms with van der Waals surface area (Å²) in [5.41, 5.74) is 2.41. The van der Waals surface area contributed by atoms with E-state index in [-0.39, 0.29) is 17.7 Å². The number of hydrogen-bond acceptors (Lipinski definition) is 5. The first-order valence-corrected chi connectivity index (χ1v) is 9.82. The Hall–Kier alpha value is -2.93. The fourth-order valence-electron chi connectivity index (χ4n) is 2.82. The lowest BCUT2D eigenvalue weighted by Crippen LogP contribution is -2.47. The maximum absolute atomic E-state index is 12.8. The summed E-state index contributed by atoms with van der Waals surface area (Å²) in [6.07, 6.45) is 0. The Morgan fingerprint density at radius 1 is 1.11 bits per heavy atom. The summed E-state index contributed by atoms with van der Waals surface area (Å²) in [6.45, 7) is 5.77.